The molecular formula is C15H23BrFNO. The summed E-state index contributed by atoms with van der Waals surface area (Å²) >= 11 is 3.32. The summed E-state index contributed by atoms with van der Waals surface area (Å²) in [5.74, 6) is -0.212. The van der Waals surface area contributed by atoms with E-state index in [1.807, 2.05) is 13.0 Å². The molecule has 0 radical (unpaired) electrons. The molecule has 0 bridgehead atoms. The third kappa shape index (κ3) is 5.21. The first kappa shape index (κ1) is 16.6. The lowest BCUT2D eigenvalue weighted by atomic mass is 10.0. The molecule has 2 unspecified atom stereocenters. The molecule has 1 aromatic rings. The third-order valence-corrected chi connectivity index (χ3v) is 4.01. The molecule has 0 aliphatic rings. The van der Waals surface area contributed by atoms with Gasteiger partial charge in [-0.25, -0.2) is 4.39 Å². The Labute approximate surface area is 123 Å². The smallest absolute Gasteiger partial charge is 0.137 e. The van der Waals surface area contributed by atoms with Crippen LogP contribution in [0.4, 0.5) is 4.39 Å². The first-order chi connectivity index (χ1) is 9.10. The molecule has 0 aliphatic heterocycles. The summed E-state index contributed by atoms with van der Waals surface area (Å²) in [6.45, 7) is 7.81. The summed E-state index contributed by atoms with van der Waals surface area (Å²) in [6, 6.07) is 5.36. The number of ether oxygens (including phenoxy) is 1. The van der Waals surface area contributed by atoms with Gasteiger partial charge in [-0.15, -0.1) is 0 Å². The summed E-state index contributed by atoms with van der Waals surface area (Å²) in [6.07, 6.45) is 1.92. The molecule has 0 aromatic heterocycles. The zero-order valence-electron chi connectivity index (χ0n) is 11.9. The molecule has 1 N–H and O–H groups in total. The van der Waals surface area contributed by atoms with Crippen LogP contribution in [0.3, 0.4) is 0 Å². The predicted molar refractivity (Wildman–Crippen MR) is 81.0 cm³/mol. The number of hydrogen-bond donors (Lipinski definition) is 1. The molecule has 4 heteroatoms. The average Bonchev–Trinajstić information content (AvgIpc) is 2.39. The van der Waals surface area contributed by atoms with Crippen molar-refractivity contribution in [2.24, 2.45) is 0 Å². The van der Waals surface area contributed by atoms with Gasteiger partial charge in [-0.2, -0.15) is 0 Å². The van der Waals surface area contributed by atoms with E-state index >= 15 is 0 Å². The Morgan fingerprint density at radius 3 is 2.74 bits per heavy atom. The lowest BCUT2D eigenvalue weighted by Crippen LogP contribution is -2.42. The Hall–Kier alpha value is -0.450. The lowest BCUT2D eigenvalue weighted by molar-refractivity contribution is 0.0476. The van der Waals surface area contributed by atoms with E-state index in [1.165, 1.54) is 6.07 Å². The minimum atomic E-state index is -0.212. The van der Waals surface area contributed by atoms with E-state index < -0.39 is 0 Å². The summed E-state index contributed by atoms with van der Waals surface area (Å²) < 4.78 is 19.8. The standard InChI is InChI=1S/C15H23BrFNO/c1-4-9-18-14(11(3)19-5-2)10-12-7-6-8-13(17)15(12)16/h6-8,11,14,18H,4-5,9-10H2,1-3H3. The van der Waals surface area contributed by atoms with Crippen molar-refractivity contribution in [1.29, 1.82) is 0 Å². The minimum absolute atomic E-state index is 0.103. The Morgan fingerprint density at radius 1 is 1.37 bits per heavy atom. The maximum atomic E-state index is 13.5. The highest BCUT2D eigenvalue weighted by molar-refractivity contribution is 9.10. The molecule has 2 atom stereocenters. The van der Waals surface area contributed by atoms with Gasteiger partial charge in [0.1, 0.15) is 5.82 Å². The van der Waals surface area contributed by atoms with E-state index in [0.717, 1.165) is 24.9 Å². The van der Waals surface area contributed by atoms with Gasteiger partial charge >= 0.3 is 0 Å². The number of hydrogen-bond acceptors (Lipinski definition) is 2. The van der Waals surface area contributed by atoms with Crippen molar-refractivity contribution >= 4 is 15.9 Å². The molecule has 0 aliphatic carbocycles. The molecule has 0 saturated carbocycles. The van der Waals surface area contributed by atoms with Gasteiger partial charge in [0.05, 0.1) is 10.6 Å². The zero-order chi connectivity index (χ0) is 14.3. The highest BCUT2D eigenvalue weighted by atomic mass is 79.9. The van der Waals surface area contributed by atoms with Crippen molar-refractivity contribution < 1.29 is 9.13 Å². The largest absolute Gasteiger partial charge is 0.377 e. The van der Waals surface area contributed by atoms with Crippen LogP contribution in [0.2, 0.25) is 0 Å². The number of rotatable bonds is 8. The fraction of sp³-hybridized carbons (Fsp3) is 0.600. The van der Waals surface area contributed by atoms with E-state index in [9.17, 15) is 4.39 Å². The molecule has 0 amide bonds. The number of nitrogens with one attached hydrogen (secondary N) is 1. The molecule has 1 rings (SSSR count). The summed E-state index contributed by atoms with van der Waals surface area (Å²) in [5, 5.41) is 3.48. The fourth-order valence-corrected chi connectivity index (χ4v) is 2.48. The third-order valence-electron chi connectivity index (χ3n) is 3.12. The summed E-state index contributed by atoms with van der Waals surface area (Å²) in [4.78, 5) is 0. The van der Waals surface area contributed by atoms with Crippen LogP contribution < -0.4 is 5.32 Å². The van der Waals surface area contributed by atoms with Gasteiger partial charge < -0.3 is 10.1 Å². The Balaban J connectivity index is 2.78. The van der Waals surface area contributed by atoms with Gasteiger partial charge in [0.15, 0.2) is 0 Å². The van der Waals surface area contributed by atoms with E-state index in [1.54, 1.807) is 6.07 Å². The van der Waals surface area contributed by atoms with Gasteiger partial charge in [0.2, 0.25) is 0 Å². The maximum absolute atomic E-state index is 13.5. The molecule has 2 nitrogen and oxygen atoms in total. The van der Waals surface area contributed by atoms with Crippen LogP contribution in [0, 0.1) is 5.82 Å². The Kier molecular flexibility index (Phi) is 7.57. The van der Waals surface area contributed by atoms with Crippen molar-refractivity contribution in [3.05, 3.63) is 34.1 Å². The first-order valence-electron chi connectivity index (χ1n) is 6.88. The van der Waals surface area contributed by atoms with E-state index in [4.69, 9.17) is 4.74 Å². The van der Waals surface area contributed by atoms with Gasteiger partial charge in [0, 0.05) is 12.6 Å². The lowest BCUT2D eigenvalue weighted by Gasteiger charge is -2.25. The van der Waals surface area contributed by atoms with Crippen LogP contribution in [0.5, 0.6) is 0 Å². The zero-order valence-corrected chi connectivity index (χ0v) is 13.5. The Morgan fingerprint density at radius 2 is 2.11 bits per heavy atom. The second kappa shape index (κ2) is 8.67. The number of halogens is 2. The molecule has 0 heterocycles. The molecule has 0 spiro atoms. The predicted octanol–water partition coefficient (Wildman–Crippen LogP) is 3.92. The highest BCUT2D eigenvalue weighted by Crippen LogP contribution is 2.22. The molecular weight excluding hydrogens is 309 g/mol. The van der Waals surface area contributed by atoms with Crippen LogP contribution >= 0.6 is 15.9 Å². The SMILES string of the molecule is CCCNC(Cc1cccc(F)c1Br)C(C)OCC. The monoisotopic (exact) mass is 331 g/mol. The first-order valence-corrected chi connectivity index (χ1v) is 7.67. The van der Waals surface area contributed by atoms with E-state index in [0.29, 0.717) is 11.1 Å². The van der Waals surface area contributed by atoms with Gasteiger partial charge in [-0.3, -0.25) is 0 Å². The van der Waals surface area contributed by atoms with E-state index in [2.05, 4.69) is 35.1 Å². The second-order valence-electron chi connectivity index (χ2n) is 4.64. The van der Waals surface area contributed by atoms with Crippen molar-refractivity contribution in [3.8, 4) is 0 Å². The quantitative estimate of drug-likeness (QED) is 0.779. The van der Waals surface area contributed by atoms with Crippen molar-refractivity contribution in [1.82, 2.24) is 5.32 Å². The van der Waals surface area contributed by atoms with Crippen LogP contribution in [0.15, 0.2) is 22.7 Å². The normalized spacial score (nSPS) is 14.4. The topological polar surface area (TPSA) is 21.3 Å². The molecule has 108 valence electrons. The second-order valence-corrected chi connectivity index (χ2v) is 5.43. The van der Waals surface area contributed by atoms with Gasteiger partial charge in [0.25, 0.3) is 0 Å². The fourth-order valence-electron chi connectivity index (χ4n) is 2.06. The molecule has 0 fully saturated rings. The Bertz CT molecular complexity index is 386. The van der Waals surface area contributed by atoms with Crippen LogP contribution in [-0.4, -0.2) is 25.3 Å². The van der Waals surface area contributed by atoms with Crippen molar-refractivity contribution in [2.45, 2.75) is 45.8 Å². The molecule has 0 saturated heterocycles. The summed E-state index contributed by atoms with van der Waals surface area (Å²) in [7, 11) is 0. The van der Waals surface area contributed by atoms with Gasteiger partial charge in [-0.05, 0) is 60.8 Å². The maximum Gasteiger partial charge on any atom is 0.137 e. The van der Waals surface area contributed by atoms with E-state index in [-0.39, 0.29) is 18.0 Å². The van der Waals surface area contributed by atoms with Crippen LogP contribution in [-0.2, 0) is 11.2 Å². The summed E-state index contributed by atoms with van der Waals surface area (Å²) in [5.41, 5.74) is 0.972. The van der Waals surface area contributed by atoms with Crippen LogP contribution in [0.1, 0.15) is 32.8 Å². The minimum Gasteiger partial charge on any atom is -0.377 e. The average molecular weight is 332 g/mol. The van der Waals surface area contributed by atoms with Crippen LogP contribution in [0.25, 0.3) is 0 Å². The number of benzene rings is 1. The van der Waals surface area contributed by atoms with Crippen molar-refractivity contribution in [2.75, 3.05) is 13.2 Å². The van der Waals surface area contributed by atoms with Gasteiger partial charge in [-0.1, -0.05) is 19.1 Å². The van der Waals surface area contributed by atoms with Crippen molar-refractivity contribution in [3.63, 3.8) is 0 Å². The molecule has 1 aromatic carbocycles. The molecule has 19 heavy (non-hydrogen) atoms. The highest BCUT2D eigenvalue weighted by Gasteiger charge is 2.19.